The number of ether oxygens (including phenoxy) is 1. The second kappa shape index (κ2) is 10.3. The van der Waals surface area contributed by atoms with Gasteiger partial charge in [0.2, 0.25) is 0 Å². The Balaban J connectivity index is 3.01. The highest BCUT2D eigenvalue weighted by Crippen LogP contribution is 2.16. The first-order valence-electron chi connectivity index (χ1n) is 9.18. The fraction of sp³-hybridized carbons (Fsp3) is 0.500. The summed E-state index contributed by atoms with van der Waals surface area (Å²) in [4.78, 5) is 39.1. The van der Waals surface area contributed by atoms with Crippen LogP contribution in [-0.2, 0) is 4.74 Å². The molecule has 8 nitrogen and oxygen atoms in total. The number of benzene rings is 1. The van der Waals surface area contributed by atoms with Crippen LogP contribution in [0.1, 0.15) is 57.3 Å². The Kier molecular flexibility index (Phi) is 8.45. The number of unbranched alkanes of at least 4 members (excludes halogenated alkanes) is 2. The van der Waals surface area contributed by atoms with E-state index in [1.165, 1.54) is 13.1 Å². The van der Waals surface area contributed by atoms with E-state index in [2.05, 4.69) is 5.32 Å². The van der Waals surface area contributed by atoms with E-state index in [-0.39, 0.29) is 12.1 Å². The molecule has 28 heavy (non-hydrogen) atoms. The van der Waals surface area contributed by atoms with Crippen molar-refractivity contribution in [2.45, 2.75) is 52.6 Å². The average Bonchev–Trinajstić information content (AvgIpc) is 2.62. The number of urea groups is 1. The topological polar surface area (TPSA) is 103 Å². The number of nitrogens with one attached hydrogen (secondary N) is 1. The lowest BCUT2D eigenvalue weighted by Gasteiger charge is -2.23. The molecule has 8 heteroatoms. The van der Waals surface area contributed by atoms with Gasteiger partial charge in [-0.05, 0) is 45.4 Å². The van der Waals surface area contributed by atoms with Gasteiger partial charge >= 0.3 is 12.1 Å². The molecule has 0 fully saturated rings. The number of nitrogens with zero attached hydrogens (tertiary/aromatic N) is 3. The number of carbonyl (C=O) groups is 3. The fourth-order valence-corrected chi connectivity index (χ4v) is 2.34. The largest absolute Gasteiger partial charge is 0.444 e. The highest BCUT2D eigenvalue weighted by Gasteiger charge is 2.26. The number of amides is 4. The van der Waals surface area contributed by atoms with Crippen LogP contribution in [0.15, 0.2) is 24.3 Å². The maximum Gasteiger partial charge on any atom is 0.412 e. The summed E-state index contributed by atoms with van der Waals surface area (Å²) in [5.74, 6) is -0.531. The smallest absolute Gasteiger partial charge is 0.412 e. The molecule has 1 rings (SSSR count). The lowest BCUT2D eigenvalue weighted by atomic mass is 10.1. The Bertz CT molecular complexity index is 749. The molecule has 0 aliphatic rings. The second-order valence-corrected chi connectivity index (χ2v) is 7.31. The first-order chi connectivity index (χ1) is 13.1. The van der Waals surface area contributed by atoms with Crippen LogP contribution in [0.4, 0.5) is 15.3 Å². The highest BCUT2D eigenvalue weighted by atomic mass is 16.6. The molecule has 0 spiro atoms. The summed E-state index contributed by atoms with van der Waals surface area (Å²) in [7, 11) is 1.31. The number of carbonyl (C=O) groups excluding carboxylic acids is 3. The molecule has 0 aliphatic carbocycles. The predicted molar refractivity (Wildman–Crippen MR) is 106 cm³/mol. The summed E-state index contributed by atoms with van der Waals surface area (Å²) < 4.78 is 5.20. The Morgan fingerprint density at radius 2 is 1.89 bits per heavy atom. The van der Waals surface area contributed by atoms with Crippen LogP contribution in [0.2, 0.25) is 0 Å². The molecule has 1 aromatic carbocycles. The Morgan fingerprint density at radius 1 is 1.21 bits per heavy atom. The van der Waals surface area contributed by atoms with Crippen LogP contribution >= 0.6 is 0 Å². The van der Waals surface area contributed by atoms with Gasteiger partial charge in [-0.2, -0.15) is 5.26 Å². The molecule has 0 saturated heterocycles. The summed E-state index contributed by atoms with van der Waals surface area (Å²) in [5.41, 5.74) is -0.0542. The summed E-state index contributed by atoms with van der Waals surface area (Å²) in [6.07, 6.45) is 3.50. The van der Waals surface area contributed by atoms with Crippen molar-refractivity contribution in [1.29, 1.82) is 5.26 Å². The zero-order valence-electron chi connectivity index (χ0n) is 17.1. The van der Waals surface area contributed by atoms with Gasteiger partial charge in [-0.15, -0.1) is 0 Å². The van der Waals surface area contributed by atoms with Crippen LogP contribution in [0.3, 0.4) is 0 Å². The van der Waals surface area contributed by atoms with E-state index in [1.54, 1.807) is 45.2 Å². The van der Waals surface area contributed by atoms with E-state index in [9.17, 15) is 14.4 Å². The zero-order valence-corrected chi connectivity index (χ0v) is 17.1. The Hall–Kier alpha value is -3.08. The SMILES string of the molecule is CCCCCN(C(=O)c1cccc(NC(=O)OC(C)(C)C)c1)C(=O)N(C)C#N. The zero-order chi connectivity index (χ0) is 21.3. The van der Waals surface area contributed by atoms with E-state index >= 15 is 0 Å². The molecule has 0 radical (unpaired) electrons. The predicted octanol–water partition coefficient (Wildman–Crippen LogP) is 4.20. The molecule has 0 saturated carbocycles. The first kappa shape index (κ1) is 23.0. The molecular formula is C20H28N4O4. The van der Waals surface area contributed by atoms with E-state index < -0.39 is 23.6 Å². The summed E-state index contributed by atoms with van der Waals surface area (Å²) in [5, 5.41) is 11.5. The van der Waals surface area contributed by atoms with Gasteiger partial charge in [0.25, 0.3) is 5.91 Å². The standard InChI is InChI=1S/C20H28N4O4/c1-6-7-8-12-24(19(27)23(5)14-21)17(25)15-10-9-11-16(13-15)22-18(26)28-20(2,3)4/h9-11,13H,6-8,12H2,1-5H3,(H,22,26). The van der Waals surface area contributed by atoms with Gasteiger partial charge < -0.3 is 4.74 Å². The maximum atomic E-state index is 12.9. The van der Waals surface area contributed by atoms with E-state index in [0.29, 0.717) is 12.1 Å². The minimum atomic E-state index is -0.686. The molecule has 0 aromatic heterocycles. The van der Waals surface area contributed by atoms with Crippen molar-refractivity contribution in [2.24, 2.45) is 0 Å². The van der Waals surface area contributed by atoms with Gasteiger partial charge in [0, 0.05) is 24.8 Å². The quantitative estimate of drug-likeness (QED) is 0.447. The van der Waals surface area contributed by atoms with Crippen LogP contribution in [0.5, 0.6) is 0 Å². The highest BCUT2D eigenvalue weighted by molar-refractivity contribution is 6.05. The van der Waals surface area contributed by atoms with Crippen LogP contribution in [0.25, 0.3) is 0 Å². The third kappa shape index (κ3) is 7.27. The lowest BCUT2D eigenvalue weighted by Crippen LogP contribution is -2.43. The number of hydrogen-bond donors (Lipinski definition) is 1. The van der Waals surface area contributed by atoms with Gasteiger partial charge in [0.15, 0.2) is 6.19 Å². The van der Waals surface area contributed by atoms with Crippen molar-refractivity contribution in [3.05, 3.63) is 29.8 Å². The lowest BCUT2D eigenvalue weighted by molar-refractivity contribution is 0.0634. The van der Waals surface area contributed by atoms with Crippen molar-refractivity contribution in [3.63, 3.8) is 0 Å². The van der Waals surface area contributed by atoms with Crippen molar-refractivity contribution < 1.29 is 19.1 Å². The normalized spacial score (nSPS) is 10.6. The summed E-state index contributed by atoms with van der Waals surface area (Å²) in [6.45, 7) is 7.47. The molecule has 1 N–H and O–H groups in total. The molecule has 4 amide bonds. The Labute approximate surface area is 166 Å². The minimum Gasteiger partial charge on any atom is -0.444 e. The molecule has 1 aromatic rings. The van der Waals surface area contributed by atoms with Gasteiger partial charge in [-0.1, -0.05) is 25.8 Å². The Morgan fingerprint density at radius 3 is 2.46 bits per heavy atom. The molecule has 0 aliphatic heterocycles. The monoisotopic (exact) mass is 388 g/mol. The van der Waals surface area contributed by atoms with Crippen molar-refractivity contribution in [1.82, 2.24) is 9.80 Å². The van der Waals surface area contributed by atoms with Gasteiger partial charge in [-0.25, -0.2) is 14.5 Å². The van der Waals surface area contributed by atoms with Gasteiger partial charge in [0.05, 0.1) is 0 Å². The molecule has 152 valence electrons. The third-order valence-corrected chi connectivity index (χ3v) is 3.65. The average molecular weight is 388 g/mol. The number of imide groups is 1. The molecule has 0 bridgehead atoms. The van der Waals surface area contributed by atoms with Gasteiger partial charge in [0.1, 0.15) is 5.60 Å². The van der Waals surface area contributed by atoms with Crippen molar-refractivity contribution in [2.75, 3.05) is 18.9 Å². The number of rotatable bonds is 6. The van der Waals surface area contributed by atoms with Gasteiger partial charge in [-0.3, -0.25) is 15.0 Å². The van der Waals surface area contributed by atoms with Crippen LogP contribution in [-0.4, -0.2) is 47.0 Å². The number of anilines is 1. The molecule has 0 heterocycles. The minimum absolute atomic E-state index is 0.210. The van der Waals surface area contributed by atoms with Crippen molar-refractivity contribution in [3.8, 4) is 6.19 Å². The first-order valence-corrected chi connectivity index (χ1v) is 9.18. The van der Waals surface area contributed by atoms with Crippen LogP contribution < -0.4 is 5.32 Å². The summed E-state index contributed by atoms with van der Waals surface area (Å²) in [6, 6.07) is 5.55. The maximum absolute atomic E-state index is 12.9. The molecule has 0 atom stereocenters. The number of hydrogen-bond acceptors (Lipinski definition) is 5. The number of nitriles is 1. The van der Waals surface area contributed by atoms with E-state index in [0.717, 1.165) is 22.6 Å². The van der Waals surface area contributed by atoms with E-state index in [4.69, 9.17) is 10.00 Å². The van der Waals surface area contributed by atoms with Crippen molar-refractivity contribution >= 4 is 23.7 Å². The third-order valence-electron chi connectivity index (χ3n) is 3.65. The second-order valence-electron chi connectivity index (χ2n) is 7.31. The van der Waals surface area contributed by atoms with Crippen LogP contribution in [0, 0.1) is 11.5 Å². The fourth-order valence-electron chi connectivity index (χ4n) is 2.34. The molecule has 0 unspecified atom stereocenters. The van der Waals surface area contributed by atoms with E-state index in [1.807, 2.05) is 6.92 Å². The summed E-state index contributed by atoms with van der Waals surface area (Å²) >= 11 is 0. The molecular weight excluding hydrogens is 360 g/mol.